The van der Waals surface area contributed by atoms with Crippen molar-refractivity contribution in [3.63, 3.8) is 0 Å². The van der Waals surface area contributed by atoms with E-state index in [4.69, 9.17) is 0 Å². The molecule has 1 fully saturated rings. The fourth-order valence-corrected chi connectivity index (χ4v) is 4.45. The lowest BCUT2D eigenvalue weighted by Crippen LogP contribution is -2.34. The van der Waals surface area contributed by atoms with E-state index in [1.165, 1.54) is 4.90 Å². The number of amides is 3. The van der Waals surface area contributed by atoms with Crippen LogP contribution in [0.1, 0.15) is 58.3 Å². The van der Waals surface area contributed by atoms with E-state index in [0.717, 1.165) is 29.7 Å². The van der Waals surface area contributed by atoms with E-state index in [1.807, 2.05) is 29.2 Å². The van der Waals surface area contributed by atoms with Gasteiger partial charge in [-0.05, 0) is 43.5 Å². The van der Waals surface area contributed by atoms with Gasteiger partial charge in [-0.25, -0.2) is 4.98 Å². The molecule has 2 aromatic carbocycles. The number of rotatable bonds is 5. The monoisotopic (exact) mass is 402 g/mol. The summed E-state index contributed by atoms with van der Waals surface area (Å²) in [6.45, 7) is 0.953. The molecule has 1 saturated heterocycles. The fourth-order valence-electron chi connectivity index (χ4n) is 4.45. The van der Waals surface area contributed by atoms with Crippen molar-refractivity contribution in [3.8, 4) is 0 Å². The van der Waals surface area contributed by atoms with Crippen LogP contribution in [0.3, 0.4) is 0 Å². The number of aromatic nitrogens is 2. The Morgan fingerprint density at radius 2 is 1.73 bits per heavy atom. The van der Waals surface area contributed by atoms with E-state index in [-0.39, 0.29) is 30.3 Å². The zero-order chi connectivity index (χ0) is 20.7. The smallest absolute Gasteiger partial charge is 0.261 e. The molecule has 3 heterocycles. The molecule has 7 heteroatoms. The highest BCUT2D eigenvalue weighted by atomic mass is 16.2. The summed E-state index contributed by atoms with van der Waals surface area (Å²) in [5.41, 5.74) is 2.76. The number of hydrogen-bond acceptors (Lipinski definition) is 4. The van der Waals surface area contributed by atoms with Crippen LogP contribution in [0.5, 0.6) is 0 Å². The van der Waals surface area contributed by atoms with E-state index in [9.17, 15) is 14.4 Å². The van der Waals surface area contributed by atoms with Gasteiger partial charge in [0.2, 0.25) is 5.91 Å². The first-order valence-corrected chi connectivity index (χ1v) is 10.3. The average molecular weight is 402 g/mol. The van der Waals surface area contributed by atoms with E-state index < -0.39 is 0 Å². The predicted molar refractivity (Wildman–Crippen MR) is 111 cm³/mol. The number of aromatic amines is 1. The lowest BCUT2D eigenvalue weighted by atomic mass is 10.1. The molecule has 1 atom stereocenters. The summed E-state index contributed by atoms with van der Waals surface area (Å²) in [5.74, 6) is 0.311. The van der Waals surface area contributed by atoms with Crippen molar-refractivity contribution in [2.45, 2.75) is 31.7 Å². The number of carbonyl (C=O) groups is 3. The first kappa shape index (κ1) is 18.5. The summed E-state index contributed by atoms with van der Waals surface area (Å²) in [6, 6.07) is 14.6. The van der Waals surface area contributed by atoms with Crippen molar-refractivity contribution >= 4 is 28.8 Å². The highest BCUT2D eigenvalue weighted by Crippen LogP contribution is 2.32. The Labute approximate surface area is 173 Å². The molecule has 0 aliphatic carbocycles. The molecule has 1 aromatic heterocycles. The van der Waals surface area contributed by atoms with Crippen molar-refractivity contribution in [1.29, 1.82) is 0 Å². The van der Waals surface area contributed by atoms with E-state index in [0.29, 0.717) is 30.5 Å². The van der Waals surface area contributed by atoms with E-state index in [1.54, 1.807) is 24.3 Å². The summed E-state index contributed by atoms with van der Waals surface area (Å²) in [4.78, 5) is 48.9. The van der Waals surface area contributed by atoms with Gasteiger partial charge < -0.3 is 9.88 Å². The van der Waals surface area contributed by atoms with Crippen molar-refractivity contribution in [1.82, 2.24) is 19.8 Å². The van der Waals surface area contributed by atoms with Crippen LogP contribution in [-0.2, 0) is 4.79 Å². The number of para-hydroxylation sites is 2. The van der Waals surface area contributed by atoms with Gasteiger partial charge >= 0.3 is 0 Å². The van der Waals surface area contributed by atoms with Crippen LogP contribution < -0.4 is 0 Å². The minimum atomic E-state index is -0.274. The molecule has 1 unspecified atom stereocenters. The molecule has 7 nitrogen and oxygen atoms in total. The molecule has 2 aliphatic rings. The second-order valence-electron chi connectivity index (χ2n) is 7.80. The lowest BCUT2D eigenvalue weighted by Gasteiger charge is -2.23. The minimum Gasteiger partial charge on any atom is -0.340 e. The number of hydrogen-bond donors (Lipinski definition) is 1. The molecular weight excluding hydrogens is 380 g/mol. The molecule has 3 amide bonds. The Morgan fingerprint density at radius 1 is 1.03 bits per heavy atom. The number of H-pyrrole nitrogens is 1. The van der Waals surface area contributed by atoms with E-state index >= 15 is 0 Å². The van der Waals surface area contributed by atoms with Gasteiger partial charge in [0.05, 0.1) is 28.2 Å². The number of fused-ring (bicyclic) bond motifs is 2. The quantitative estimate of drug-likeness (QED) is 0.664. The molecule has 0 bridgehead atoms. The summed E-state index contributed by atoms with van der Waals surface area (Å²) in [7, 11) is 0. The largest absolute Gasteiger partial charge is 0.340 e. The first-order valence-electron chi connectivity index (χ1n) is 10.3. The third-order valence-corrected chi connectivity index (χ3v) is 5.95. The SMILES string of the molecule is O=C1c2ccccc2C(=O)N1CCCC(=O)N1CCCC1c1nc2ccccc2[nH]1. The Balaban J connectivity index is 1.22. The van der Waals surface area contributed by atoms with Gasteiger partial charge in [0.25, 0.3) is 11.8 Å². The second-order valence-corrected chi connectivity index (χ2v) is 7.80. The highest BCUT2D eigenvalue weighted by molar-refractivity contribution is 6.21. The van der Waals surface area contributed by atoms with Crippen molar-refractivity contribution in [2.75, 3.05) is 13.1 Å². The van der Waals surface area contributed by atoms with Gasteiger partial charge in [-0.2, -0.15) is 0 Å². The van der Waals surface area contributed by atoms with Crippen molar-refractivity contribution < 1.29 is 14.4 Å². The molecular formula is C23H22N4O3. The highest BCUT2D eigenvalue weighted by Gasteiger charge is 2.35. The van der Waals surface area contributed by atoms with Crippen LogP contribution in [0.15, 0.2) is 48.5 Å². The summed E-state index contributed by atoms with van der Waals surface area (Å²) >= 11 is 0. The van der Waals surface area contributed by atoms with Gasteiger partial charge in [-0.3, -0.25) is 19.3 Å². The summed E-state index contributed by atoms with van der Waals surface area (Å²) in [6.07, 6.45) is 2.56. The Kier molecular flexibility index (Phi) is 4.58. The second kappa shape index (κ2) is 7.40. The third kappa shape index (κ3) is 3.07. The van der Waals surface area contributed by atoms with E-state index in [2.05, 4.69) is 9.97 Å². The van der Waals surface area contributed by atoms with Crippen LogP contribution >= 0.6 is 0 Å². The topological polar surface area (TPSA) is 86.4 Å². The third-order valence-electron chi connectivity index (χ3n) is 5.95. The number of benzene rings is 2. The van der Waals surface area contributed by atoms with Gasteiger partial charge in [0.1, 0.15) is 5.82 Å². The molecule has 2 aliphatic heterocycles. The van der Waals surface area contributed by atoms with Crippen molar-refractivity contribution in [3.05, 3.63) is 65.5 Å². The van der Waals surface area contributed by atoms with Gasteiger partial charge in [0, 0.05) is 19.5 Å². The summed E-state index contributed by atoms with van der Waals surface area (Å²) < 4.78 is 0. The maximum Gasteiger partial charge on any atom is 0.261 e. The maximum atomic E-state index is 12.9. The standard InChI is InChI=1S/C23H22N4O3/c28-20(12-6-14-27-22(29)15-7-1-2-8-16(15)23(27)30)26-13-5-11-19(26)21-24-17-9-3-4-10-18(17)25-21/h1-4,7-10,19H,5-6,11-14H2,(H,24,25). The van der Waals surface area contributed by atoms with Crippen LogP contribution in [0.4, 0.5) is 0 Å². The number of nitrogens with one attached hydrogen (secondary N) is 1. The predicted octanol–water partition coefficient (Wildman–Crippen LogP) is 3.30. The molecule has 152 valence electrons. The number of likely N-dealkylation sites (tertiary alicyclic amines) is 1. The molecule has 1 N–H and O–H groups in total. The minimum absolute atomic E-state index is 0.0366. The van der Waals surface area contributed by atoms with Gasteiger partial charge in [-0.15, -0.1) is 0 Å². The Hall–Kier alpha value is -3.48. The molecule has 5 rings (SSSR count). The lowest BCUT2D eigenvalue weighted by molar-refractivity contribution is -0.132. The zero-order valence-electron chi connectivity index (χ0n) is 16.5. The van der Waals surface area contributed by atoms with Crippen molar-refractivity contribution in [2.24, 2.45) is 0 Å². The Bertz CT molecular complexity index is 1080. The molecule has 30 heavy (non-hydrogen) atoms. The van der Waals surface area contributed by atoms with Gasteiger partial charge in [-0.1, -0.05) is 24.3 Å². The first-order chi connectivity index (χ1) is 14.6. The number of imide groups is 1. The number of nitrogens with zero attached hydrogens (tertiary/aromatic N) is 3. The summed E-state index contributed by atoms with van der Waals surface area (Å²) in [5, 5.41) is 0. The van der Waals surface area contributed by atoms with Crippen LogP contribution in [-0.4, -0.2) is 50.6 Å². The normalized spacial score (nSPS) is 18.5. The van der Waals surface area contributed by atoms with Crippen LogP contribution in [0, 0.1) is 0 Å². The maximum absolute atomic E-state index is 12.9. The Morgan fingerprint density at radius 3 is 2.47 bits per heavy atom. The zero-order valence-corrected chi connectivity index (χ0v) is 16.5. The average Bonchev–Trinajstić information content (AvgIpc) is 3.47. The number of carbonyl (C=O) groups excluding carboxylic acids is 3. The van der Waals surface area contributed by atoms with Crippen LogP contribution in [0.2, 0.25) is 0 Å². The van der Waals surface area contributed by atoms with Crippen LogP contribution in [0.25, 0.3) is 11.0 Å². The molecule has 0 radical (unpaired) electrons. The molecule has 0 saturated carbocycles. The number of imidazole rings is 1. The molecule has 3 aromatic rings. The van der Waals surface area contributed by atoms with Gasteiger partial charge in [0.15, 0.2) is 0 Å². The molecule has 0 spiro atoms. The fraction of sp³-hybridized carbons (Fsp3) is 0.304.